The molecule has 0 spiro atoms. The summed E-state index contributed by atoms with van der Waals surface area (Å²) in [6, 6.07) is 8.11. The number of rotatable bonds is 3. The number of hydrogen-bond acceptors (Lipinski definition) is 3. The van der Waals surface area contributed by atoms with Gasteiger partial charge >= 0.3 is 0 Å². The SMILES string of the molecule is CCOc1ccc(C2CNC(C)O2)cc1. The molecular formula is C12H17NO2. The first-order chi connectivity index (χ1) is 7.29. The van der Waals surface area contributed by atoms with E-state index in [2.05, 4.69) is 17.4 Å². The Bertz CT molecular complexity index is 310. The van der Waals surface area contributed by atoms with E-state index in [-0.39, 0.29) is 12.3 Å². The van der Waals surface area contributed by atoms with Gasteiger partial charge in [-0.05, 0) is 31.5 Å². The van der Waals surface area contributed by atoms with E-state index in [0.29, 0.717) is 6.61 Å². The van der Waals surface area contributed by atoms with E-state index in [1.807, 2.05) is 26.0 Å². The zero-order valence-corrected chi connectivity index (χ0v) is 9.19. The molecule has 1 aliphatic heterocycles. The average molecular weight is 207 g/mol. The Morgan fingerprint density at radius 2 is 2.13 bits per heavy atom. The van der Waals surface area contributed by atoms with Gasteiger partial charge in [-0.25, -0.2) is 0 Å². The van der Waals surface area contributed by atoms with Crippen LogP contribution in [0.4, 0.5) is 0 Å². The van der Waals surface area contributed by atoms with Gasteiger partial charge in [-0.15, -0.1) is 0 Å². The molecule has 0 aromatic heterocycles. The molecule has 1 aliphatic rings. The Labute approximate surface area is 90.4 Å². The van der Waals surface area contributed by atoms with Gasteiger partial charge in [0, 0.05) is 6.54 Å². The Kier molecular flexibility index (Phi) is 3.23. The van der Waals surface area contributed by atoms with Crippen molar-refractivity contribution >= 4 is 0 Å². The molecule has 1 aromatic carbocycles. The minimum absolute atomic E-state index is 0.154. The quantitative estimate of drug-likeness (QED) is 0.823. The van der Waals surface area contributed by atoms with Gasteiger partial charge < -0.3 is 9.47 Å². The molecule has 3 heteroatoms. The number of hydrogen-bond donors (Lipinski definition) is 1. The van der Waals surface area contributed by atoms with Crippen molar-refractivity contribution in [3.05, 3.63) is 29.8 Å². The highest BCUT2D eigenvalue weighted by atomic mass is 16.5. The van der Waals surface area contributed by atoms with Gasteiger partial charge in [0.15, 0.2) is 0 Å². The van der Waals surface area contributed by atoms with Crippen LogP contribution in [-0.4, -0.2) is 19.4 Å². The van der Waals surface area contributed by atoms with Gasteiger partial charge in [-0.2, -0.15) is 0 Å². The fourth-order valence-electron chi connectivity index (χ4n) is 1.76. The molecule has 2 atom stereocenters. The molecule has 0 saturated carbocycles. The summed E-state index contributed by atoms with van der Waals surface area (Å²) in [6.45, 7) is 5.60. The molecule has 2 unspecified atom stereocenters. The zero-order chi connectivity index (χ0) is 10.7. The Hall–Kier alpha value is -1.06. The van der Waals surface area contributed by atoms with Crippen molar-refractivity contribution in [2.75, 3.05) is 13.2 Å². The van der Waals surface area contributed by atoms with Crippen LogP contribution in [0.1, 0.15) is 25.5 Å². The Morgan fingerprint density at radius 1 is 1.40 bits per heavy atom. The van der Waals surface area contributed by atoms with Crippen LogP contribution in [0.3, 0.4) is 0 Å². The summed E-state index contributed by atoms with van der Waals surface area (Å²) in [5.41, 5.74) is 1.20. The maximum Gasteiger partial charge on any atom is 0.119 e. The molecule has 15 heavy (non-hydrogen) atoms. The Morgan fingerprint density at radius 3 is 2.67 bits per heavy atom. The molecule has 0 aliphatic carbocycles. The number of ether oxygens (including phenoxy) is 2. The average Bonchev–Trinajstić information content (AvgIpc) is 2.67. The van der Waals surface area contributed by atoms with Crippen LogP contribution in [0.25, 0.3) is 0 Å². The van der Waals surface area contributed by atoms with Gasteiger partial charge in [0.05, 0.1) is 12.7 Å². The van der Waals surface area contributed by atoms with Gasteiger partial charge in [-0.1, -0.05) is 12.1 Å². The number of nitrogens with one attached hydrogen (secondary N) is 1. The molecule has 1 heterocycles. The summed E-state index contributed by atoms with van der Waals surface area (Å²) >= 11 is 0. The van der Waals surface area contributed by atoms with Crippen LogP contribution in [0, 0.1) is 0 Å². The van der Waals surface area contributed by atoms with Crippen molar-refractivity contribution in [1.82, 2.24) is 5.32 Å². The summed E-state index contributed by atoms with van der Waals surface area (Å²) in [5.74, 6) is 0.917. The minimum Gasteiger partial charge on any atom is -0.494 e. The molecule has 0 amide bonds. The van der Waals surface area contributed by atoms with Gasteiger partial charge in [0.1, 0.15) is 12.0 Å². The maximum absolute atomic E-state index is 5.70. The van der Waals surface area contributed by atoms with E-state index in [9.17, 15) is 0 Å². The smallest absolute Gasteiger partial charge is 0.119 e. The summed E-state index contributed by atoms with van der Waals surface area (Å²) in [7, 11) is 0. The summed E-state index contributed by atoms with van der Waals surface area (Å²) in [4.78, 5) is 0. The third-order valence-corrected chi connectivity index (χ3v) is 2.52. The van der Waals surface area contributed by atoms with E-state index in [1.54, 1.807) is 0 Å². The fourth-order valence-corrected chi connectivity index (χ4v) is 1.76. The first-order valence-corrected chi connectivity index (χ1v) is 5.41. The second-order valence-corrected chi connectivity index (χ2v) is 3.68. The second kappa shape index (κ2) is 4.64. The molecule has 1 aromatic rings. The summed E-state index contributed by atoms with van der Waals surface area (Å²) in [6.07, 6.45) is 0.331. The highest BCUT2D eigenvalue weighted by molar-refractivity contribution is 5.29. The standard InChI is InChI=1S/C12H17NO2/c1-3-14-11-6-4-10(5-7-11)12-8-13-9(2)15-12/h4-7,9,12-13H,3,8H2,1-2H3. The molecule has 3 nitrogen and oxygen atoms in total. The predicted molar refractivity (Wildman–Crippen MR) is 58.9 cm³/mol. The van der Waals surface area contributed by atoms with E-state index < -0.39 is 0 Å². The Balaban J connectivity index is 2.03. The molecule has 2 rings (SSSR count). The zero-order valence-electron chi connectivity index (χ0n) is 9.19. The minimum atomic E-state index is 0.154. The van der Waals surface area contributed by atoms with Crippen molar-refractivity contribution in [2.45, 2.75) is 26.2 Å². The molecule has 0 radical (unpaired) electrons. The molecular weight excluding hydrogens is 190 g/mol. The van der Waals surface area contributed by atoms with E-state index in [4.69, 9.17) is 9.47 Å². The lowest BCUT2D eigenvalue weighted by molar-refractivity contribution is 0.0529. The molecule has 0 bridgehead atoms. The van der Waals surface area contributed by atoms with Crippen LogP contribution in [0.5, 0.6) is 5.75 Å². The van der Waals surface area contributed by atoms with Crippen LogP contribution in [-0.2, 0) is 4.74 Å². The van der Waals surface area contributed by atoms with E-state index >= 15 is 0 Å². The molecule has 1 N–H and O–H groups in total. The largest absolute Gasteiger partial charge is 0.494 e. The highest BCUT2D eigenvalue weighted by Gasteiger charge is 2.22. The maximum atomic E-state index is 5.70. The molecule has 1 saturated heterocycles. The van der Waals surface area contributed by atoms with Crippen LogP contribution in [0.2, 0.25) is 0 Å². The first-order valence-electron chi connectivity index (χ1n) is 5.41. The summed E-state index contributed by atoms with van der Waals surface area (Å²) in [5, 5.41) is 3.25. The van der Waals surface area contributed by atoms with Gasteiger partial charge in [0.25, 0.3) is 0 Å². The molecule has 1 fully saturated rings. The topological polar surface area (TPSA) is 30.5 Å². The van der Waals surface area contributed by atoms with E-state index in [0.717, 1.165) is 12.3 Å². The van der Waals surface area contributed by atoms with E-state index in [1.165, 1.54) is 5.56 Å². The predicted octanol–water partition coefficient (Wildman–Crippen LogP) is 2.09. The van der Waals surface area contributed by atoms with Crippen molar-refractivity contribution < 1.29 is 9.47 Å². The molecule has 82 valence electrons. The van der Waals surface area contributed by atoms with Crippen molar-refractivity contribution in [3.63, 3.8) is 0 Å². The fraction of sp³-hybridized carbons (Fsp3) is 0.500. The van der Waals surface area contributed by atoms with Gasteiger partial charge in [-0.3, -0.25) is 5.32 Å². The van der Waals surface area contributed by atoms with Crippen molar-refractivity contribution in [2.24, 2.45) is 0 Å². The van der Waals surface area contributed by atoms with Gasteiger partial charge in [0.2, 0.25) is 0 Å². The lowest BCUT2D eigenvalue weighted by Gasteiger charge is -2.10. The van der Waals surface area contributed by atoms with Crippen LogP contribution >= 0.6 is 0 Å². The summed E-state index contributed by atoms with van der Waals surface area (Å²) < 4.78 is 11.1. The third-order valence-electron chi connectivity index (χ3n) is 2.52. The second-order valence-electron chi connectivity index (χ2n) is 3.68. The monoisotopic (exact) mass is 207 g/mol. The lowest BCUT2D eigenvalue weighted by atomic mass is 10.1. The number of benzene rings is 1. The third kappa shape index (κ3) is 2.49. The van der Waals surface area contributed by atoms with Crippen LogP contribution in [0.15, 0.2) is 24.3 Å². The van der Waals surface area contributed by atoms with Crippen molar-refractivity contribution in [1.29, 1.82) is 0 Å². The normalized spacial score (nSPS) is 25.5. The highest BCUT2D eigenvalue weighted by Crippen LogP contribution is 2.24. The first kappa shape index (κ1) is 10.5. The van der Waals surface area contributed by atoms with Crippen LogP contribution < -0.4 is 10.1 Å². The van der Waals surface area contributed by atoms with Crippen molar-refractivity contribution in [3.8, 4) is 5.75 Å². The lowest BCUT2D eigenvalue weighted by Crippen LogP contribution is -2.17.